The molecule has 1 N–H and O–H groups in total. The van der Waals surface area contributed by atoms with Gasteiger partial charge in [-0.3, -0.25) is 0 Å². The fraction of sp³-hybridized carbons (Fsp3) is 0.138. The second-order valence-corrected chi connectivity index (χ2v) is 18.1. The number of hydrogen-bond donors (Lipinski definition) is 1. The highest BCUT2D eigenvalue weighted by Gasteiger charge is 2.53. The Morgan fingerprint density at radius 1 is 0.344 bits per heavy atom. The molecule has 3 nitrogen and oxygen atoms in total. The second kappa shape index (κ2) is 12.9. The van der Waals surface area contributed by atoms with E-state index < -0.39 is 11.6 Å². The molecule has 61 heavy (non-hydrogen) atoms. The molecule has 0 fully saturated rings. The number of amidine groups is 2. The van der Waals surface area contributed by atoms with E-state index in [0.29, 0.717) is 0 Å². The van der Waals surface area contributed by atoms with Crippen LogP contribution in [0.5, 0.6) is 0 Å². The highest BCUT2D eigenvalue weighted by Crippen LogP contribution is 2.62. The van der Waals surface area contributed by atoms with Gasteiger partial charge >= 0.3 is 0 Å². The van der Waals surface area contributed by atoms with Crippen molar-refractivity contribution in [2.45, 2.75) is 50.1 Å². The number of nitrogens with one attached hydrogen (secondary N) is 1. The maximum atomic E-state index is 5.48. The van der Waals surface area contributed by atoms with Crippen LogP contribution < -0.4 is 5.32 Å². The van der Waals surface area contributed by atoms with E-state index >= 15 is 0 Å². The molecule has 1 unspecified atom stereocenters. The maximum absolute atomic E-state index is 5.48. The van der Waals surface area contributed by atoms with Gasteiger partial charge in [-0.15, -0.1) is 0 Å². The molecule has 4 aliphatic rings. The summed E-state index contributed by atoms with van der Waals surface area (Å²) in [4.78, 5) is 10.9. The Balaban J connectivity index is 1.02. The van der Waals surface area contributed by atoms with Crippen molar-refractivity contribution in [1.82, 2.24) is 5.32 Å². The summed E-state index contributed by atoms with van der Waals surface area (Å²) in [6.45, 7) is 9.42. The number of nitrogens with zero attached hydrogens (tertiary/aromatic N) is 2. The second-order valence-electron chi connectivity index (χ2n) is 18.1. The molecular weight excluding hydrogens is 739 g/mol. The monoisotopic (exact) mass is 783 g/mol. The van der Waals surface area contributed by atoms with Gasteiger partial charge in [-0.1, -0.05) is 210 Å². The highest BCUT2D eigenvalue weighted by atomic mass is 15.2. The molecule has 0 saturated carbocycles. The minimum atomic E-state index is -0.445. The lowest BCUT2D eigenvalue weighted by atomic mass is 9.55. The van der Waals surface area contributed by atoms with Crippen LogP contribution in [-0.4, -0.2) is 11.7 Å². The molecule has 1 aliphatic heterocycles. The first kappa shape index (κ1) is 35.8. The summed E-state index contributed by atoms with van der Waals surface area (Å²) in [6, 6.07) is 69.3. The third kappa shape index (κ3) is 5.04. The summed E-state index contributed by atoms with van der Waals surface area (Å²) in [5.41, 5.74) is 20.7. The van der Waals surface area contributed by atoms with E-state index in [4.69, 9.17) is 9.98 Å². The van der Waals surface area contributed by atoms with E-state index in [9.17, 15) is 0 Å². The van der Waals surface area contributed by atoms with Crippen LogP contribution in [0.2, 0.25) is 0 Å². The third-order valence-corrected chi connectivity index (χ3v) is 14.2. The molecular formula is C58H45N3. The van der Waals surface area contributed by atoms with Crippen molar-refractivity contribution in [1.29, 1.82) is 0 Å². The minimum Gasteiger partial charge on any atom is -0.324 e. The molecule has 1 spiro atoms. The van der Waals surface area contributed by atoms with Crippen molar-refractivity contribution in [3.05, 3.63) is 249 Å². The van der Waals surface area contributed by atoms with Crippen molar-refractivity contribution in [3.63, 3.8) is 0 Å². The van der Waals surface area contributed by atoms with Crippen molar-refractivity contribution in [2.75, 3.05) is 0 Å². The predicted octanol–water partition coefficient (Wildman–Crippen LogP) is 13.2. The van der Waals surface area contributed by atoms with E-state index in [-0.39, 0.29) is 10.8 Å². The number of benzene rings is 8. The van der Waals surface area contributed by atoms with Crippen LogP contribution in [0, 0.1) is 0 Å². The minimum absolute atomic E-state index is 0.129. The lowest BCUT2D eigenvalue weighted by molar-refractivity contribution is 0.563. The van der Waals surface area contributed by atoms with E-state index in [1.807, 2.05) is 0 Å². The average molecular weight is 784 g/mol. The summed E-state index contributed by atoms with van der Waals surface area (Å²) in [7, 11) is 0. The lowest BCUT2D eigenvalue weighted by Crippen LogP contribution is -2.40. The van der Waals surface area contributed by atoms with Gasteiger partial charge in [0.15, 0.2) is 6.17 Å². The largest absolute Gasteiger partial charge is 0.324 e. The number of hydrogen-bond acceptors (Lipinski definition) is 3. The van der Waals surface area contributed by atoms with Crippen LogP contribution >= 0.6 is 0 Å². The zero-order valence-electron chi connectivity index (χ0n) is 34.9. The van der Waals surface area contributed by atoms with Crippen LogP contribution in [-0.2, 0) is 16.2 Å². The van der Waals surface area contributed by atoms with E-state index in [0.717, 1.165) is 28.4 Å². The van der Waals surface area contributed by atoms with Crippen LogP contribution in [0.4, 0.5) is 0 Å². The Morgan fingerprint density at radius 2 is 0.803 bits per heavy atom. The molecule has 3 heteroatoms. The molecule has 0 amide bonds. The molecule has 12 rings (SSSR count). The molecule has 1 heterocycles. The van der Waals surface area contributed by atoms with Gasteiger partial charge < -0.3 is 5.32 Å². The summed E-state index contributed by atoms with van der Waals surface area (Å²) < 4.78 is 0. The topological polar surface area (TPSA) is 36.8 Å². The SMILES string of the molecule is CC1(C)c2ccccc2-c2ccc(C3N=C(c4ccc(-c5ccccc5)cc4)NC(c4ccc5c(c4)-c4ccccc4C54c5ccccc5C(C)(C)c5ccccc54)=N3)cc21. The molecule has 8 aromatic rings. The van der Waals surface area contributed by atoms with Gasteiger partial charge in [0.25, 0.3) is 0 Å². The Labute approximate surface area is 358 Å². The van der Waals surface area contributed by atoms with Gasteiger partial charge in [0.05, 0.1) is 5.41 Å². The Bertz CT molecular complexity index is 3120. The predicted molar refractivity (Wildman–Crippen MR) is 251 cm³/mol. The first-order chi connectivity index (χ1) is 29.7. The first-order valence-electron chi connectivity index (χ1n) is 21.5. The van der Waals surface area contributed by atoms with Crippen LogP contribution in [0.15, 0.2) is 198 Å². The molecule has 0 radical (unpaired) electrons. The zero-order valence-corrected chi connectivity index (χ0v) is 34.9. The summed E-state index contributed by atoms with van der Waals surface area (Å²) in [5, 5.41) is 3.76. The number of aliphatic imine (C=N–C) groups is 2. The van der Waals surface area contributed by atoms with Crippen molar-refractivity contribution < 1.29 is 0 Å². The zero-order chi connectivity index (χ0) is 41.1. The van der Waals surface area contributed by atoms with Crippen LogP contribution in [0.1, 0.15) is 95.1 Å². The summed E-state index contributed by atoms with van der Waals surface area (Å²) in [5.74, 6) is 1.63. The van der Waals surface area contributed by atoms with Gasteiger partial charge in [-0.2, -0.15) is 0 Å². The Hall–Kier alpha value is -7.10. The third-order valence-electron chi connectivity index (χ3n) is 14.2. The van der Waals surface area contributed by atoms with Crippen LogP contribution in [0.3, 0.4) is 0 Å². The summed E-state index contributed by atoms with van der Waals surface area (Å²) >= 11 is 0. The maximum Gasteiger partial charge on any atom is 0.169 e. The molecule has 0 bridgehead atoms. The quantitative estimate of drug-likeness (QED) is 0.190. The van der Waals surface area contributed by atoms with Crippen LogP contribution in [0.25, 0.3) is 33.4 Å². The normalized spacial score (nSPS) is 17.7. The number of fused-ring (bicyclic) bond motifs is 12. The van der Waals surface area contributed by atoms with Gasteiger partial charge in [-0.25, -0.2) is 9.98 Å². The van der Waals surface area contributed by atoms with Gasteiger partial charge in [0.1, 0.15) is 11.7 Å². The Kier molecular flexibility index (Phi) is 7.60. The van der Waals surface area contributed by atoms with Crippen molar-refractivity contribution >= 4 is 11.7 Å². The number of rotatable bonds is 4. The molecule has 0 aromatic heterocycles. The smallest absolute Gasteiger partial charge is 0.169 e. The first-order valence-corrected chi connectivity index (χ1v) is 21.5. The molecule has 8 aromatic carbocycles. The fourth-order valence-electron chi connectivity index (χ4n) is 11.2. The molecule has 292 valence electrons. The molecule has 1 atom stereocenters. The average Bonchev–Trinajstić information content (AvgIpc) is 3.73. The van der Waals surface area contributed by atoms with Gasteiger partial charge in [-0.05, 0) is 89.5 Å². The van der Waals surface area contributed by atoms with Gasteiger partial charge in [0, 0.05) is 22.0 Å². The lowest BCUT2D eigenvalue weighted by Gasteiger charge is -2.46. The van der Waals surface area contributed by atoms with E-state index in [2.05, 4.69) is 221 Å². The highest BCUT2D eigenvalue weighted by molar-refractivity contribution is 6.16. The van der Waals surface area contributed by atoms with Gasteiger partial charge in [0.2, 0.25) is 0 Å². The van der Waals surface area contributed by atoms with Crippen molar-refractivity contribution in [2.24, 2.45) is 9.98 Å². The fourth-order valence-corrected chi connectivity index (χ4v) is 11.2. The van der Waals surface area contributed by atoms with Crippen molar-refractivity contribution in [3.8, 4) is 33.4 Å². The Morgan fingerprint density at radius 3 is 1.48 bits per heavy atom. The van der Waals surface area contributed by atoms with E-state index in [1.54, 1.807) is 0 Å². The molecule has 3 aliphatic carbocycles. The summed E-state index contributed by atoms with van der Waals surface area (Å²) in [6.07, 6.45) is -0.434. The van der Waals surface area contributed by atoms with E-state index in [1.165, 1.54) is 77.9 Å². The molecule has 0 saturated heterocycles. The standard InChI is InChI=1S/C58H45N3/c1-56(2)45-20-10-8-18-41(45)43-32-30-40(35-52(43)56)55-60-53(38-28-26-37(27-29-38)36-16-6-5-7-17-36)59-54(61-55)39-31-33-47-44(34-39)42-19-9-11-21-46(42)58(47)50-24-14-12-22-48(50)57(3,4)49-23-13-15-25-51(49)58/h5-35,55H,1-4H3,(H,59,60,61).